The van der Waals surface area contributed by atoms with Crippen LogP contribution in [-0.2, 0) is 6.54 Å². The monoisotopic (exact) mass is 350 g/mol. The van der Waals surface area contributed by atoms with E-state index in [9.17, 15) is 4.79 Å². The zero-order valence-corrected chi connectivity index (χ0v) is 13.4. The van der Waals surface area contributed by atoms with E-state index in [2.05, 4.69) is 25.8 Å². The Labute approximate surface area is 131 Å². The second kappa shape index (κ2) is 6.25. The van der Waals surface area contributed by atoms with Crippen LogP contribution in [0.4, 0.5) is 0 Å². The van der Waals surface area contributed by atoms with Crippen LogP contribution in [0, 0.1) is 0 Å². The Hall–Kier alpha value is -1.24. The molecule has 0 aliphatic carbocycles. The molecule has 3 rings (SSSR count). The first-order valence-corrected chi connectivity index (χ1v) is 8.06. The molecule has 0 unspecified atom stereocenters. The number of hydrogen-bond acceptors (Lipinski definition) is 4. The zero-order valence-electron chi connectivity index (χ0n) is 11.8. The van der Waals surface area contributed by atoms with E-state index < -0.39 is 0 Å². The average molecular weight is 351 g/mol. The summed E-state index contributed by atoms with van der Waals surface area (Å²) in [5.41, 5.74) is 7.60. The summed E-state index contributed by atoms with van der Waals surface area (Å²) in [5.74, 6) is 0. The van der Waals surface area contributed by atoms with Gasteiger partial charge in [0.15, 0.2) is 0 Å². The van der Waals surface area contributed by atoms with Crippen LogP contribution in [0.5, 0.6) is 0 Å². The molecule has 1 aliphatic heterocycles. The second-order valence-electron chi connectivity index (χ2n) is 5.56. The van der Waals surface area contributed by atoms with Crippen molar-refractivity contribution in [3.05, 3.63) is 39.2 Å². The Bertz CT molecular complexity index is 692. The van der Waals surface area contributed by atoms with E-state index >= 15 is 0 Å². The number of likely N-dealkylation sites (tertiary alicyclic amines) is 1. The van der Waals surface area contributed by atoms with Crippen LogP contribution in [-0.4, -0.2) is 40.1 Å². The van der Waals surface area contributed by atoms with Gasteiger partial charge in [0.05, 0.1) is 17.2 Å². The fourth-order valence-electron chi connectivity index (χ4n) is 2.78. The molecule has 0 radical (unpaired) electrons. The van der Waals surface area contributed by atoms with Crippen molar-refractivity contribution in [1.82, 2.24) is 14.5 Å². The summed E-state index contributed by atoms with van der Waals surface area (Å²) in [7, 11) is 0. The largest absolute Gasteiger partial charge is 0.328 e. The first kappa shape index (κ1) is 14.7. The first-order chi connectivity index (χ1) is 10.1. The minimum atomic E-state index is -0.0469. The first-order valence-electron chi connectivity index (χ1n) is 7.26. The van der Waals surface area contributed by atoms with Crippen molar-refractivity contribution in [2.75, 3.05) is 19.6 Å². The van der Waals surface area contributed by atoms with Gasteiger partial charge in [-0.3, -0.25) is 4.79 Å². The molecular formula is C15H19BrN4O. The van der Waals surface area contributed by atoms with Crippen molar-refractivity contribution in [3.63, 3.8) is 0 Å². The van der Waals surface area contributed by atoms with Crippen LogP contribution < -0.4 is 11.3 Å². The average Bonchev–Trinajstić information content (AvgIpc) is 2.48. The number of fused-ring (bicyclic) bond motifs is 1. The molecule has 1 aliphatic rings. The Morgan fingerprint density at radius 3 is 2.81 bits per heavy atom. The molecule has 6 heteroatoms. The molecule has 1 aromatic carbocycles. The summed E-state index contributed by atoms with van der Waals surface area (Å²) in [6.07, 6.45) is 3.48. The summed E-state index contributed by atoms with van der Waals surface area (Å²) < 4.78 is 2.77. The lowest BCUT2D eigenvalue weighted by molar-refractivity contribution is 0.206. The summed E-state index contributed by atoms with van der Waals surface area (Å²) >= 11 is 3.46. The summed E-state index contributed by atoms with van der Waals surface area (Å²) in [5, 5.41) is 0. The van der Waals surface area contributed by atoms with Crippen LogP contribution in [0.25, 0.3) is 11.0 Å². The summed E-state index contributed by atoms with van der Waals surface area (Å²) in [6.45, 7) is 3.59. The Morgan fingerprint density at radius 2 is 2.05 bits per heavy atom. The lowest BCUT2D eigenvalue weighted by Crippen LogP contribution is -2.41. The molecule has 0 atom stereocenters. The van der Waals surface area contributed by atoms with Crippen molar-refractivity contribution in [2.24, 2.45) is 5.73 Å². The molecule has 2 heterocycles. The van der Waals surface area contributed by atoms with E-state index in [1.165, 1.54) is 6.20 Å². The normalized spacial score (nSPS) is 17.4. The van der Waals surface area contributed by atoms with Crippen molar-refractivity contribution in [1.29, 1.82) is 0 Å². The highest BCUT2D eigenvalue weighted by Crippen LogP contribution is 2.17. The van der Waals surface area contributed by atoms with Gasteiger partial charge in [-0.05, 0) is 44.1 Å². The summed E-state index contributed by atoms with van der Waals surface area (Å²) in [6, 6.07) is 6.16. The number of nitrogens with zero attached hydrogens (tertiary/aromatic N) is 3. The van der Waals surface area contributed by atoms with Gasteiger partial charge in [-0.25, -0.2) is 4.98 Å². The highest BCUT2D eigenvalue weighted by atomic mass is 79.9. The topological polar surface area (TPSA) is 64.2 Å². The molecule has 1 saturated heterocycles. The molecule has 2 N–H and O–H groups in total. The van der Waals surface area contributed by atoms with E-state index in [4.69, 9.17) is 5.73 Å². The van der Waals surface area contributed by atoms with E-state index in [1.54, 1.807) is 0 Å². The third-order valence-corrected chi connectivity index (χ3v) is 4.57. The molecule has 112 valence electrons. The van der Waals surface area contributed by atoms with Gasteiger partial charge in [-0.2, -0.15) is 0 Å². The van der Waals surface area contributed by atoms with E-state index in [0.29, 0.717) is 12.6 Å². The Morgan fingerprint density at radius 1 is 1.29 bits per heavy atom. The van der Waals surface area contributed by atoms with Gasteiger partial charge in [0.25, 0.3) is 5.56 Å². The van der Waals surface area contributed by atoms with Crippen LogP contribution in [0.3, 0.4) is 0 Å². The quantitative estimate of drug-likeness (QED) is 0.912. The van der Waals surface area contributed by atoms with E-state index in [1.807, 2.05) is 22.8 Å². The number of halogens is 1. The maximum absolute atomic E-state index is 12.1. The number of aromatic nitrogens is 2. The molecular weight excluding hydrogens is 332 g/mol. The molecule has 0 saturated carbocycles. The number of benzene rings is 1. The Balaban J connectivity index is 1.81. The molecule has 21 heavy (non-hydrogen) atoms. The molecule has 0 amide bonds. The molecule has 0 spiro atoms. The second-order valence-corrected chi connectivity index (χ2v) is 6.48. The van der Waals surface area contributed by atoms with Gasteiger partial charge in [-0.15, -0.1) is 0 Å². The maximum Gasteiger partial charge on any atom is 0.269 e. The van der Waals surface area contributed by atoms with Crippen LogP contribution >= 0.6 is 15.9 Å². The lowest BCUT2D eigenvalue weighted by Gasteiger charge is -2.30. The van der Waals surface area contributed by atoms with Crippen molar-refractivity contribution in [3.8, 4) is 0 Å². The number of rotatable bonds is 3. The zero-order chi connectivity index (χ0) is 14.8. The van der Waals surface area contributed by atoms with Gasteiger partial charge in [-0.1, -0.05) is 15.9 Å². The van der Waals surface area contributed by atoms with Crippen LogP contribution in [0.2, 0.25) is 0 Å². The number of nitrogens with two attached hydrogens (primary N) is 1. The van der Waals surface area contributed by atoms with Crippen LogP contribution in [0.15, 0.2) is 33.7 Å². The minimum Gasteiger partial charge on any atom is -0.328 e. The fourth-order valence-corrected chi connectivity index (χ4v) is 3.13. The SMILES string of the molecule is NC1CCN(CCn2c(=O)cnc3ccc(Br)cc32)CC1. The molecule has 5 nitrogen and oxygen atoms in total. The maximum atomic E-state index is 12.1. The van der Waals surface area contributed by atoms with E-state index in [-0.39, 0.29) is 5.56 Å². The highest BCUT2D eigenvalue weighted by molar-refractivity contribution is 9.10. The van der Waals surface area contributed by atoms with Crippen molar-refractivity contribution >= 4 is 27.0 Å². The third-order valence-electron chi connectivity index (χ3n) is 4.08. The smallest absolute Gasteiger partial charge is 0.269 e. The molecule has 1 aromatic heterocycles. The Kier molecular flexibility index (Phi) is 4.37. The molecule has 0 bridgehead atoms. The van der Waals surface area contributed by atoms with Crippen molar-refractivity contribution < 1.29 is 0 Å². The predicted molar refractivity (Wildman–Crippen MR) is 87.4 cm³/mol. The van der Waals surface area contributed by atoms with Gasteiger partial charge in [0, 0.05) is 23.6 Å². The molecule has 2 aromatic rings. The minimum absolute atomic E-state index is 0.0469. The fraction of sp³-hybridized carbons (Fsp3) is 0.467. The van der Waals surface area contributed by atoms with Gasteiger partial charge in [0.1, 0.15) is 0 Å². The van der Waals surface area contributed by atoms with Gasteiger partial charge in [0.2, 0.25) is 0 Å². The van der Waals surface area contributed by atoms with Gasteiger partial charge < -0.3 is 15.2 Å². The van der Waals surface area contributed by atoms with Crippen LogP contribution in [0.1, 0.15) is 12.8 Å². The summed E-state index contributed by atoms with van der Waals surface area (Å²) in [4.78, 5) is 18.7. The highest BCUT2D eigenvalue weighted by Gasteiger charge is 2.16. The number of hydrogen-bond donors (Lipinski definition) is 1. The van der Waals surface area contributed by atoms with Gasteiger partial charge >= 0.3 is 0 Å². The molecule has 1 fully saturated rings. The third kappa shape index (κ3) is 3.33. The van der Waals surface area contributed by atoms with Crippen molar-refractivity contribution in [2.45, 2.75) is 25.4 Å². The number of piperidine rings is 1. The standard InChI is InChI=1S/C15H19BrN4O/c16-11-1-2-13-14(9-11)20(15(21)10-18-13)8-7-19-5-3-12(17)4-6-19/h1-2,9-10,12H,3-8,17H2. The van der Waals surface area contributed by atoms with E-state index in [0.717, 1.165) is 48.0 Å². The lowest BCUT2D eigenvalue weighted by atomic mass is 10.1. The predicted octanol–water partition coefficient (Wildman–Crippen LogP) is 1.58.